The van der Waals surface area contributed by atoms with Gasteiger partial charge in [0.1, 0.15) is 0 Å². The summed E-state index contributed by atoms with van der Waals surface area (Å²) < 4.78 is 27.4. The van der Waals surface area contributed by atoms with Crippen molar-refractivity contribution in [3.63, 3.8) is 0 Å². The molecule has 1 aliphatic rings. The summed E-state index contributed by atoms with van der Waals surface area (Å²) in [6.45, 7) is 4.51. The number of nitrogens with zero attached hydrogens (tertiary/aromatic N) is 3. The third-order valence-corrected chi connectivity index (χ3v) is 5.26. The largest absolute Gasteiger partial charge is 0.282 e. The summed E-state index contributed by atoms with van der Waals surface area (Å²) in [7, 11) is -1.85. The Kier molecular flexibility index (Phi) is 4.92. The van der Waals surface area contributed by atoms with Crippen molar-refractivity contribution in [1.82, 2.24) is 8.61 Å². The van der Waals surface area contributed by atoms with Crippen LogP contribution in [0.3, 0.4) is 0 Å². The maximum atomic E-state index is 12.3. The second-order valence-corrected chi connectivity index (χ2v) is 6.76. The van der Waals surface area contributed by atoms with E-state index < -0.39 is 10.2 Å². The predicted octanol–water partition coefficient (Wildman–Crippen LogP) is 1.20. The van der Waals surface area contributed by atoms with E-state index in [0.29, 0.717) is 6.54 Å². The van der Waals surface area contributed by atoms with E-state index in [-0.39, 0.29) is 18.5 Å². The Labute approximate surface area is 104 Å². The monoisotopic (exact) mass is 259 g/mol. The number of piperidine rings is 1. The molecule has 0 N–H and O–H groups in total. The van der Waals surface area contributed by atoms with E-state index in [2.05, 4.69) is 6.07 Å². The second-order valence-electron chi connectivity index (χ2n) is 4.77. The van der Waals surface area contributed by atoms with Crippen LogP contribution < -0.4 is 0 Å². The highest BCUT2D eigenvalue weighted by atomic mass is 32.2. The topological polar surface area (TPSA) is 64.4 Å². The van der Waals surface area contributed by atoms with E-state index in [9.17, 15) is 8.42 Å². The SMILES string of the molecule is C[C@@H](C#N)CN(C)S(=O)(=O)N1CCCC[C@@H]1C. The molecule has 0 aliphatic carbocycles. The maximum absolute atomic E-state index is 12.3. The lowest BCUT2D eigenvalue weighted by molar-refractivity contribution is 0.248. The van der Waals surface area contributed by atoms with Crippen molar-refractivity contribution in [3.05, 3.63) is 0 Å². The summed E-state index contributed by atoms with van der Waals surface area (Å²) in [5.74, 6) is -0.283. The van der Waals surface area contributed by atoms with Crippen LogP contribution in [0.15, 0.2) is 0 Å². The molecule has 1 fully saturated rings. The molecule has 98 valence electrons. The lowest BCUT2D eigenvalue weighted by atomic mass is 10.1. The maximum Gasteiger partial charge on any atom is 0.282 e. The molecule has 0 aromatic rings. The summed E-state index contributed by atoms with van der Waals surface area (Å²) in [6.07, 6.45) is 2.93. The number of nitriles is 1. The van der Waals surface area contributed by atoms with E-state index in [1.54, 1.807) is 18.3 Å². The van der Waals surface area contributed by atoms with Crippen molar-refractivity contribution >= 4 is 10.2 Å². The Morgan fingerprint density at radius 2 is 2.18 bits per heavy atom. The normalized spacial score (nSPS) is 24.5. The lowest BCUT2D eigenvalue weighted by Crippen LogP contribution is -2.49. The number of hydrogen-bond acceptors (Lipinski definition) is 3. The highest BCUT2D eigenvalue weighted by Gasteiger charge is 2.33. The summed E-state index contributed by atoms with van der Waals surface area (Å²) in [5.41, 5.74) is 0. The molecule has 0 radical (unpaired) electrons. The molecule has 5 nitrogen and oxygen atoms in total. The van der Waals surface area contributed by atoms with E-state index in [0.717, 1.165) is 19.3 Å². The minimum absolute atomic E-state index is 0.0635. The fourth-order valence-corrected chi connectivity index (χ4v) is 3.80. The summed E-state index contributed by atoms with van der Waals surface area (Å²) in [6, 6.07) is 2.12. The van der Waals surface area contributed by atoms with Crippen LogP contribution in [0.1, 0.15) is 33.1 Å². The second kappa shape index (κ2) is 5.80. The minimum Gasteiger partial charge on any atom is -0.198 e. The Balaban J connectivity index is 2.76. The van der Waals surface area contributed by atoms with E-state index >= 15 is 0 Å². The van der Waals surface area contributed by atoms with Crippen molar-refractivity contribution in [2.24, 2.45) is 5.92 Å². The molecule has 0 aromatic heterocycles. The first kappa shape index (κ1) is 14.4. The molecular formula is C11H21N3O2S. The van der Waals surface area contributed by atoms with Gasteiger partial charge in [-0.3, -0.25) is 0 Å². The van der Waals surface area contributed by atoms with E-state index in [1.807, 2.05) is 6.92 Å². The third-order valence-electron chi connectivity index (χ3n) is 3.18. The van der Waals surface area contributed by atoms with Crippen LogP contribution in [-0.2, 0) is 10.2 Å². The predicted molar refractivity (Wildman–Crippen MR) is 66.3 cm³/mol. The summed E-state index contributed by atoms with van der Waals surface area (Å²) >= 11 is 0. The minimum atomic E-state index is -3.40. The molecule has 2 atom stereocenters. The highest BCUT2D eigenvalue weighted by Crippen LogP contribution is 2.21. The van der Waals surface area contributed by atoms with Crippen LogP contribution in [0.4, 0.5) is 0 Å². The first-order chi connectivity index (χ1) is 7.89. The zero-order valence-electron chi connectivity index (χ0n) is 10.8. The molecular weight excluding hydrogens is 238 g/mol. The fraction of sp³-hybridized carbons (Fsp3) is 0.909. The first-order valence-electron chi connectivity index (χ1n) is 6.02. The van der Waals surface area contributed by atoms with Crippen LogP contribution in [0.25, 0.3) is 0 Å². The standard InChI is InChI=1S/C11H21N3O2S/c1-10(8-12)9-13(3)17(15,16)14-7-5-4-6-11(14)2/h10-11H,4-7,9H2,1-3H3/t10-,11-/m0/s1. The quantitative estimate of drug-likeness (QED) is 0.762. The van der Waals surface area contributed by atoms with Gasteiger partial charge in [0.05, 0.1) is 12.0 Å². The van der Waals surface area contributed by atoms with E-state index in [1.165, 1.54) is 4.31 Å². The summed E-state index contributed by atoms with van der Waals surface area (Å²) in [4.78, 5) is 0. The van der Waals surface area contributed by atoms with Crippen molar-refractivity contribution in [2.45, 2.75) is 39.2 Å². The zero-order valence-corrected chi connectivity index (χ0v) is 11.6. The molecule has 1 saturated heterocycles. The molecule has 1 heterocycles. The molecule has 0 amide bonds. The van der Waals surface area contributed by atoms with Crippen LogP contribution in [0.5, 0.6) is 0 Å². The van der Waals surface area contributed by atoms with Crippen LogP contribution in [0.2, 0.25) is 0 Å². The Morgan fingerprint density at radius 3 is 2.71 bits per heavy atom. The van der Waals surface area contributed by atoms with Gasteiger partial charge in [0.25, 0.3) is 10.2 Å². The molecule has 0 unspecified atom stereocenters. The van der Waals surface area contributed by atoms with Gasteiger partial charge in [-0.2, -0.15) is 22.3 Å². The number of rotatable bonds is 4. The van der Waals surface area contributed by atoms with Crippen LogP contribution in [-0.4, -0.2) is 43.2 Å². The number of hydrogen-bond donors (Lipinski definition) is 0. The van der Waals surface area contributed by atoms with Gasteiger partial charge in [-0.15, -0.1) is 0 Å². The average Bonchev–Trinajstić information content (AvgIpc) is 2.29. The molecule has 17 heavy (non-hydrogen) atoms. The molecule has 1 aliphatic heterocycles. The molecule has 1 rings (SSSR count). The molecule has 0 spiro atoms. The zero-order chi connectivity index (χ0) is 13.1. The van der Waals surface area contributed by atoms with Crippen LogP contribution >= 0.6 is 0 Å². The van der Waals surface area contributed by atoms with E-state index in [4.69, 9.17) is 5.26 Å². The van der Waals surface area contributed by atoms with Gasteiger partial charge < -0.3 is 0 Å². The van der Waals surface area contributed by atoms with Gasteiger partial charge in [-0.05, 0) is 26.7 Å². The summed E-state index contributed by atoms with van der Waals surface area (Å²) in [5, 5.41) is 8.73. The molecule has 0 bridgehead atoms. The van der Waals surface area contributed by atoms with Crippen molar-refractivity contribution in [1.29, 1.82) is 5.26 Å². The lowest BCUT2D eigenvalue weighted by Gasteiger charge is -2.35. The van der Waals surface area contributed by atoms with Crippen molar-refractivity contribution in [2.75, 3.05) is 20.1 Å². The Bertz CT molecular complexity index is 388. The highest BCUT2D eigenvalue weighted by molar-refractivity contribution is 7.86. The fourth-order valence-electron chi connectivity index (χ4n) is 2.11. The third kappa shape index (κ3) is 3.41. The van der Waals surface area contributed by atoms with Gasteiger partial charge in [-0.1, -0.05) is 6.42 Å². The Morgan fingerprint density at radius 1 is 1.53 bits per heavy atom. The van der Waals surface area contributed by atoms with Gasteiger partial charge in [0.15, 0.2) is 0 Å². The molecule has 6 heteroatoms. The van der Waals surface area contributed by atoms with Crippen LogP contribution in [0, 0.1) is 17.2 Å². The van der Waals surface area contributed by atoms with Gasteiger partial charge in [0, 0.05) is 26.2 Å². The van der Waals surface area contributed by atoms with Gasteiger partial charge in [0.2, 0.25) is 0 Å². The van der Waals surface area contributed by atoms with Gasteiger partial charge in [-0.25, -0.2) is 0 Å². The smallest absolute Gasteiger partial charge is 0.198 e. The van der Waals surface area contributed by atoms with Crippen molar-refractivity contribution in [3.8, 4) is 6.07 Å². The first-order valence-corrected chi connectivity index (χ1v) is 7.42. The Hall–Kier alpha value is -0.640. The molecule has 0 saturated carbocycles. The van der Waals surface area contributed by atoms with Gasteiger partial charge >= 0.3 is 0 Å². The molecule has 0 aromatic carbocycles. The van der Waals surface area contributed by atoms with Crippen molar-refractivity contribution < 1.29 is 8.42 Å². The average molecular weight is 259 g/mol.